The van der Waals surface area contributed by atoms with Gasteiger partial charge in [-0.25, -0.2) is 12.9 Å². The summed E-state index contributed by atoms with van der Waals surface area (Å²) in [6.45, 7) is 54.5. The van der Waals surface area contributed by atoms with Crippen LogP contribution in [-0.4, -0.2) is 0 Å². The molecule has 3 aromatic rings. The fourth-order valence-corrected chi connectivity index (χ4v) is 12.3. The van der Waals surface area contributed by atoms with Crippen LogP contribution in [0.2, 0.25) is 0 Å². The minimum atomic E-state index is -2.08. The van der Waals surface area contributed by atoms with E-state index in [4.69, 9.17) is 26.5 Å². The molecule has 1 heterocycles. The fourth-order valence-electron chi connectivity index (χ4n) is 8.03. The van der Waals surface area contributed by atoms with E-state index in [1.807, 2.05) is 0 Å². The normalized spacial score (nSPS) is 18.1. The first-order valence-corrected chi connectivity index (χ1v) is 28.3. The van der Waals surface area contributed by atoms with Gasteiger partial charge in [0.15, 0.2) is 0 Å². The average molecular weight is 967 g/mol. The van der Waals surface area contributed by atoms with E-state index in [-0.39, 0.29) is 32.5 Å². The summed E-state index contributed by atoms with van der Waals surface area (Å²) in [5, 5.41) is 0. The summed E-state index contributed by atoms with van der Waals surface area (Å²) < 4.78 is 42.4. The lowest BCUT2D eigenvalue weighted by Crippen LogP contribution is -2.22. The van der Waals surface area contributed by atoms with Gasteiger partial charge in [0, 0.05) is 33.4 Å². The van der Waals surface area contributed by atoms with Gasteiger partial charge in [0.25, 0.3) is 0 Å². The standard InChI is InChI=1S/C57H93O6P3/c1-37(2)25-28-40-31-43(52(7,8)9)49(44(32-40)53(10,11)12)58-64-61-65(59-50-45(54(13,14)15)33-41(29-26-38(3)4)34-46(50)55(16,17)18)63-66(62-64)60-51-47(56(19,20)21)35-42(30-27-39(5)6)36-48(51)57(22,23)24/h31-39H,25-30H2,1-24H3. The Balaban J connectivity index is 1.98. The quantitative estimate of drug-likeness (QED) is 0.141. The second-order valence-corrected chi connectivity index (χ2v) is 30.4. The van der Waals surface area contributed by atoms with E-state index in [9.17, 15) is 0 Å². The van der Waals surface area contributed by atoms with E-state index >= 15 is 0 Å². The monoisotopic (exact) mass is 967 g/mol. The highest BCUT2D eigenvalue weighted by molar-refractivity contribution is 7.69. The van der Waals surface area contributed by atoms with Gasteiger partial charge in [-0.2, -0.15) is 0 Å². The van der Waals surface area contributed by atoms with E-state index in [0.29, 0.717) is 17.8 Å². The Morgan fingerprint density at radius 3 is 0.636 bits per heavy atom. The van der Waals surface area contributed by atoms with E-state index in [0.717, 1.165) is 89.2 Å². The molecule has 0 N–H and O–H groups in total. The molecule has 0 saturated carbocycles. The van der Waals surface area contributed by atoms with E-state index < -0.39 is 25.8 Å². The molecule has 0 bridgehead atoms. The zero-order valence-electron chi connectivity index (χ0n) is 46.2. The summed E-state index contributed by atoms with van der Waals surface area (Å²) in [6.07, 6.45) is 6.36. The van der Waals surface area contributed by atoms with E-state index in [2.05, 4.69) is 203 Å². The number of aryl methyl sites for hydroxylation is 3. The number of benzene rings is 3. The second kappa shape index (κ2) is 21.7. The Labute approximate surface area is 409 Å². The third-order valence-electron chi connectivity index (χ3n) is 12.2. The zero-order chi connectivity index (χ0) is 50.1. The Morgan fingerprint density at radius 2 is 0.500 bits per heavy atom. The van der Waals surface area contributed by atoms with Crippen LogP contribution in [0.4, 0.5) is 0 Å². The van der Waals surface area contributed by atoms with E-state index in [1.165, 1.54) is 16.7 Å². The lowest BCUT2D eigenvalue weighted by Gasteiger charge is -2.37. The summed E-state index contributed by atoms with van der Waals surface area (Å²) in [6, 6.07) is 14.1. The highest BCUT2D eigenvalue weighted by Crippen LogP contribution is 2.73. The summed E-state index contributed by atoms with van der Waals surface area (Å²) in [5.74, 6) is 4.23. The van der Waals surface area contributed by atoms with Crippen molar-refractivity contribution in [3.05, 3.63) is 86.5 Å². The minimum Gasteiger partial charge on any atom is -0.426 e. The molecule has 0 spiro atoms. The van der Waals surface area contributed by atoms with Crippen LogP contribution in [0.1, 0.15) is 236 Å². The van der Waals surface area contributed by atoms with Crippen LogP contribution >= 0.6 is 25.8 Å². The molecule has 0 radical (unpaired) electrons. The largest absolute Gasteiger partial charge is 0.426 e. The van der Waals surface area contributed by atoms with Gasteiger partial charge >= 0.3 is 25.8 Å². The Bertz CT molecular complexity index is 1730. The van der Waals surface area contributed by atoms with Crippen molar-refractivity contribution in [2.24, 2.45) is 17.8 Å². The molecule has 1 saturated heterocycles. The molecule has 0 amide bonds. The third kappa shape index (κ3) is 15.9. The molecule has 0 atom stereocenters. The summed E-state index contributed by atoms with van der Waals surface area (Å²) in [7, 11) is -6.24. The van der Waals surface area contributed by atoms with Crippen molar-refractivity contribution in [2.45, 2.75) is 237 Å². The number of hydrogen-bond acceptors (Lipinski definition) is 6. The first-order chi connectivity index (χ1) is 29.9. The summed E-state index contributed by atoms with van der Waals surface area (Å²) >= 11 is 0. The molecule has 9 heteroatoms. The highest BCUT2D eigenvalue weighted by Gasteiger charge is 2.45. The molecule has 6 nitrogen and oxygen atoms in total. The predicted molar refractivity (Wildman–Crippen MR) is 287 cm³/mol. The first-order valence-electron chi connectivity index (χ1n) is 25.0. The zero-order valence-corrected chi connectivity index (χ0v) is 48.9. The molecule has 0 unspecified atom stereocenters. The van der Waals surface area contributed by atoms with E-state index in [1.54, 1.807) is 0 Å². The maximum Gasteiger partial charge on any atom is 0.413 e. The van der Waals surface area contributed by atoms with Crippen LogP contribution in [0.5, 0.6) is 17.2 Å². The second-order valence-electron chi connectivity index (χ2n) is 26.5. The van der Waals surface area contributed by atoms with Crippen molar-refractivity contribution < 1.29 is 26.5 Å². The van der Waals surface area contributed by atoms with Crippen LogP contribution in [0.25, 0.3) is 0 Å². The van der Waals surface area contributed by atoms with Gasteiger partial charge in [0.05, 0.1) is 0 Å². The molecule has 372 valence electrons. The molecule has 3 aromatic carbocycles. The van der Waals surface area contributed by atoms with Crippen molar-refractivity contribution in [3.63, 3.8) is 0 Å². The highest BCUT2D eigenvalue weighted by atomic mass is 31.3. The number of rotatable bonds is 15. The molecule has 0 aromatic heterocycles. The molecule has 66 heavy (non-hydrogen) atoms. The van der Waals surface area contributed by atoms with Gasteiger partial charge < -0.3 is 13.6 Å². The SMILES string of the molecule is CC(C)CCc1cc(C(C)(C)C)c(OP2OP(Oc3c(C(C)(C)C)cc(CCC(C)C)cc3C(C)(C)C)OP(Oc3c(C(C)(C)C)cc(CCC(C)C)cc3C(C)(C)C)O2)c(C(C)(C)C)c1. The molecule has 1 fully saturated rings. The maximum absolute atomic E-state index is 7.24. The Hall–Kier alpha value is -1.77. The number of hydrogen-bond donors (Lipinski definition) is 0. The molecule has 1 aliphatic heterocycles. The van der Waals surface area contributed by atoms with Crippen LogP contribution in [0, 0.1) is 17.8 Å². The van der Waals surface area contributed by atoms with Gasteiger partial charge in [-0.3, -0.25) is 0 Å². The molecular weight excluding hydrogens is 874 g/mol. The van der Waals surface area contributed by atoms with Gasteiger partial charge in [0.1, 0.15) is 17.2 Å². The fraction of sp³-hybridized carbons (Fsp3) is 0.684. The smallest absolute Gasteiger partial charge is 0.413 e. The van der Waals surface area contributed by atoms with Crippen molar-refractivity contribution in [1.29, 1.82) is 0 Å². The van der Waals surface area contributed by atoms with Gasteiger partial charge in [-0.1, -0.05) is 203 Å². The first kappa shape index (κ1) is 56.8. The molecule has 4 rings (SSSR count). The topological polar surface area (TPSA) is 55.4 Å². The minimum absolute atomic E-state index is 0.228. The van der Waals surface area contributed by atoms with Crippen LogP contribution in [-0.2, 0) is 64.7 Å². The Morgan fingerprint density at radius 1 is 0.333 bits per heavy atom. The van der Waals surface area contributed by atoms with Gasteiger partial charge in [0.2, 0.25) is 0 Å². The van der Waals surface area contributed by atoms with Gasteiger partial charge in [-0.05, 0) is 105 Å². The average Bonchev–Trinajstić information content (AvgIpc) is 3.13. The molecular formula is C57H93O6P3. The lowest BCUT2D eigenvalue weighted by molar-refractivity contribution is 0.271. The van der Waals surface area contributed by atoms with Crippen LogP contribution < -0.4 is 13.6 Å². The summed E-state index contributed by atoms with van der Waals surface area (Å²) in [4.78, 5) is 0. The van der Waals surface area contributed by atoms with Crippen molar-refractivity contribution in [3.8, 4) is 17.2 Å². The molecule has 1 aliphatic rings. The predicted octanol–water partition coefficient (Wildman–Crippen LogP) is 19.5. The van der Waals surface area contributed by atoms with Crippen molar-refractivity contribution in [2.75, 3.05) is 0 Å². The Kier molecular flexibility index (Phi) is 18.7. The van der Waals surface area contributed by atoms with Gasteiger partial charge in [-0.15, -0.1) is 0 Å². The maximum atomic E-state index is 7.24. The third-order valence-corrected chi connectivity index (χ3v) is 16.4. The van der Waals surface area contributed by atoms with Crippen molar-refractivity contribution >= 4 is 25.8 Å². The van der Waals surface area contributed by atoms with Crippen LogP contribution in [0.15, 0.2) is 36.4 Å². The molecule has 0 aliphatic carbocycles. The summed E-state index contributed by atoms with van der Waals surface area (Å²) in [5.41, 5.74) is 9.41. The lowest BCUT2D eigenvalue weighted by atomic mass is 9.78. The van der Waals surface area contributed by atoms with Crippen molar-refractivity contribution in [1.82, 2.24) is 0 Å². The van der Waals surface area contributed by atoms with Crippen LogP contribution in [0.3, 0.4) is 0 Å².